The molecule has 1 aromatic carbocycles. The van der Waals surface area contributed by atoms with Crippen LogP contribution in [0.5, 0.6) is 0 Å². The third kappa shape index (κ3) is 4.57. The molecule has 17 heavy (non-hydrogen) atoms. The first-order valence-electron chi connectivity index (χ1n) is 6.17. The average molecular weight is 234 g/mol. The van der Waals surface area contributed by atoms with Crippen molar-refractivity contribution >= 4 is 5.91 Å². The van der Waals surface area contributed by atoms with Gasteiger partial charge in [0.25, 0.3) is 0 Å². The van der Waals surface area contributed by atoms with Crippen LogP contribution >= 0.6 is 0 Å². The highest BCUT2D eigenvalue weighted by molar-refractivity contribution is 5.85. The van der Waals surface area contributed by atoms with E-state index in [1.54, 1.807) is 6.92 Å². The Morgan fingerprint density at radius 2 is 2.00 bits per heavy atom. The Kier molecular flexibility index (Phi) is 5.16. The van der Waals surface area contributed by atoms with Crippen molar-refractivity contribution in [2.24, 2.45) is 5.73 Å². The van der Waals surface area contributed by atoms with Crippen molar-refractivity contribution in [2.75, 3.05) is 6.54 Å². The van der Waals surface area contributed by atoms with Gasteiger partial charge in [0.05, 0.1) is 5.54 Å². The lowest BCUT2D eigenvalue weighted by Crippen LogP contribution is -2.51. The average Bonchev–Trinajstić information content (AvgIpc) is 2.35. The van der Waals surface area contributed by atoms with Crippen LogP contribution in [-0.4, -0.2) is 18.0 Å². The molecular weight excluding hydrogens is 212 g/mol. The second-order valence-corrected chi connectivity index (χ2v) is 4.62. The summed E-state index contributed by atoms with van der Waals surface area (Å²) in [7, 11) is 0. The Morgan fingerprint density at radius 3 is 2.59 bits per heavy atom. The van der Waals surface area contributed by atoms with Crippen molar-refractivity contribution in [1.29, 1.82) is 0 Å². The van der Waals surface area contributed by atoms with E-state index in [0.717, 1.165) is 12.8 Å². The third-order valence-corrected chi connectivity index (χ3v) is 3.02. The van der Waals surface area contributed by atoms with E-state index in [2.05, 4.69) is 17.4 Å². The monoisotopic (exact) mass is 234 g/mol. The topological polar surface area (TPSA) is 55.1 Å². The summed E-state index contributed by atoms with van der Waals surface area (Å²) < 4.78 is 0. The molecule has 0 spiro atoms. The normalized spacial score (nSPS) is 14.1. The molecule has 0 aliphatic heterocycles. The molecule has 1 amide bonds. The largest absolute Gasteiger partial charge is 0.355 e. The maximum absolute atomic E-state index is 11.7. The molecule has 1 rings (SSSR count). The molecule has 0 aliphatic rings. The Morgan fingerprint density at radius 1 is 1.35 bits per heavy atom. The summed E-state index contributed by atoms with van der Waals surface area (Å²) in [6.45, 7) is 4.36. The number of amides is 1. The SMILES string of the molecule is CCC(C)(N)C(=O)NCCCc1ccccc1. The second kappa shape index (κ2) is 6.40. The molecular formula is C14H22N2O. The van der Waals surface area contributed by atoms with Gasteiger partial charge >= 0.3 is 0 Å². The molecule has 0 aliphatic carbocycles. The van der Waals surface area contributed by atoms with Gasteiger partial charge in [-0.3, -0.25) is 4.79 Å². The van der Waals surface area contributed by atoms with E-state index in [1.165, 1.54) is 5.56 Å². The van der Waals surface area contributed by atoms with Crippen LogP contribution < -0.4 is 11.1 Å². The van der Waals surface area contributed by atoms with Crippen LogP contribution in [-0.2, 0) is 11.2 Å². The molecule has 1 unspecified atom stereocenters. The first-order chi connectivity index (χ1) is 8.06. The molecule has 0 aromatic heterocycles. The van der Waals surface area contributed by atoms with Gasteiger partial charge in [-0.1, -0.05) is 37.3 Å². The van der Waals surface area contributed by atoms with E-state index in [9.17, 15) is 4.79 Å². The summed E-state index contributed by atoms with van der Waals surface area (Å²) in [5.41, 5.74) is 6.40. The minimum Gasteiger partial charge on any atom is -0.355 e. The fourth-order valence-electron chi connectivity index (χ4n) is 1.50. The number of rotatable bonds is 6. The maximum Gasteiger partial charge on any atom is 0.239 e. The Labute approximate surface area is 103 Å². The van der Waals surface area contributed by atoms with Gasteiger partial charge in [-0.05, 0) is 31.7 Å². The van der Waals surface area contributed by atoms with Crippen LogP contribution in [0.15, 0.2) is 30.3 Å². The van der Waals surface area contributed by atoms with E-state index in [1.807, 2.05) is 25.1 Å². The van der Waals surface area contributed by atoms with Gasteiger partial charge in [-0.25, -0.2) is 0 Å². The van der Waals surface area contributed by atoms with Crippen molar-refractivity contribution in [3.8, 4) is 0 Å². The number of hydrogen-bond donors (Lipinski definition) is 2. The highest BCUT2D eigenvalue weighted by Gasteiger charge is 2.24. The zero-order valence-corrected chi connectivity index (χ0v) is 10.7. The first-order valence-corrected chi connectivity index (χ1v) is 6.17. The van der Waals surface area contributed by atoms with Gasteiger partial charge in [-0.2, -0.15) is 0 Å². The van der Waals surface area contributed by atoms with Crippen LogP contribution in [0.4, 0.5) is 0 Å². The highest BCUT2D eigenvalue weighted by atomic mass is 16.2. The van der Waals surface area contributed by atoms with Crippen LogP contribution in [0.2, 0.25) is 0 Å². The van der Waals surface area contributed by atoms with Crippen molar-refractivity contribution in [3.63, 3.8) is 0 Å². The Balaban J connectivity index is 2.23. The molecule has 0 radical (unpaired) electrons. The summed E-state index contributed by atoms with van der Waals surface area (Å²) in [6.07, 6.45) is 2.57. The number of carbonyl (C=O) groups excluding carboxylic acids is 1. The molecule has 0 fully saturated rings. The molecule has 1 atom stereocenters. The lowest BCUT2D eigenvalue weighted by atomic mass is 9.99. The summed E-state index contributed by atoms with van der Waals surface area (Å²) in [5, 5.41) is 2.88. The van der Waals surface area contributed by atoms with E-state index in [4.69, 9.17) is 5.73 Å². The number of carbonyl (C=O) groups is 1. The van der Waals surface area contributed by atoms with Gasteiger partial charge in [0, 0.05) is 6.54 Å². The van der Waals surface area contributed by atoms with E-state index in [0.29, 0.717) is 13.0 Å². The molecule has 1 aromatic rings. The summed E-state index contributed by atoms with van der Waals surface area (Å²) in [6, 6.07) is 10.3. The number of nitrogens with one attached hydrogen (secondary N) is 1. The number of aryl methyl sites for hydroxylation is 1. The molecule has 94 valence electrons. The van der Waals surface area contributed by atoms with Gasteiger partial charge in [0.15, 0.2) is 0 Å². The highest BCUT2D eigenvalue weighted by Crippen LogP contribution is 2.05. The second-order valence-electron chi connectivity index (χ2n) is 4.62. The molecule has 0 saturated carbocycles. The van der Waals surface area contributed by atoms with Crippen LogP contribution in [0, 0.1) is 0 Å². The van der Waals surface area contributed by atoms with Crippen molar-refractivity contribution in [2.45, 2.75) is 38.6 Å². The molecule has 0 saturated heterocycles. The van der Waals surface area contributed by atoms with E-state index >= 15 is 0 Å². The minimum absolute atomic E-state index is 0.0620. The van der Waals surface area contributed by atoms with Crippen LogP contribution in [0.3, 0.4) is 0 Å². The van der Waals surface area contributed by atoms with Crippen molar-refractivity contribution in [3.05, 3.63) is 35.9 Å². The summed E-state index contributed by atoms with van der Waals surface area (Å²) in [5.74, 6) is -0.0620. The Bertz CT molecular complexity index is 346. The van der Waals surface area contributed by atoms with Gasteiger partial charge < -0.3 is 11.1 Å². The van der Waals surface area contributed by atoms with Gasteiger partial charge in [0.1, 0.15) is 0 Å². The zero-order valence-electron chi connectivity index (χ0n) is 10.7. The molecule has 3 N–H and O–H groups in total. The maximum atomic E-state index is 11.7. The van der Waals surface area contributed by atoms with Crippen molar-refractivity contribution < 1.29 is 4.79 Å². The predicted molar refractivity (Wildman–Crippen MR) is 70.7 cm³/mol. The fourth-order valence-corrected chi connectivity index (χ4v) is 1.50. The van der Waals surface area contributed by atoms with Crippen LogP contribution in [0.25, 0.3) is 0 Å². The zero-order chi connectivity index (χ0) is 12.7. The third-order valence-electron chi connectivity index (χ3n) is 3.02. The predicted octanol–water partition coefficient (Wildman–Crippen LogP) is 1.86. The van der Waals surface area contributed by atoms with Crippen molar-refractivity contribution in [1.82, 2.24) is 5.32 Å². The molecule has 3 heteroatoms. The molecule has 3 nitrogen and oxygen atoms in total. The molecule has 0 heterocycles. The van der Waals surface area contributed by atoms with Crippen LogP contribution in [0.1, 0.15) is 32.3 Å². The Hall–Kier alpha value is -1.35. The van der Waals surface area contributed by atoms with Gasteiger partial charge in [-0.15, -0.1) is 0 Å². The summed E-state index contributed by atoms with van der Waals surface area (Å²) in [4.78, 5) is 11.7. The van der Waals surface area contributed by atoms with E-state index < -0.39 is 5.54 Å². The van der Waals surface area contributed by atoms with Gasteiger partial charge in [0.2, 0.25) is 5.91 Å². The quantitative estimate of drug-likeness (QED) is 0.738. The minimum atomic E-state index is -0.743. The smallest absolute Gasteiger partial charge is 0.239 e. The first kappa shape index (κ1) is 13.7. The number of hydrogen-bond acceptors (Lipinski definition) is 2. The van der Waals surface area contributed by atoms with E-state index in [-0.39, 0.29) is 5.91 Å². The standard InChI is InChI=1S/C14H22N2O/c1-3-14(2,15)13(17)16-11-7-10-12-8-5-4-6-9-12/h4-6,8-9H,3,7,10-11,15H2,1-2H3,(H,16,17). The lowest BCUT2D eigenvalue weighted by molar-refractivity contribution is -0.125. The fraction of sp³-hybridized carbons (Fsp3) is 0.500. The lowest BCUT2D eigenvalue weighted by Gasteiger charge is -2.21. The number of benzene rings is 1. The number of nitrogens with two attached hydrogens (primary N) is 1. The summed E-state index contributed by atoms with van der Waals surface area (Å²) >= 11 is 0. The molecule has 0 bridgehead atoms.